The van der Waals surface area contributed by atoms with Gasteiger partial charge in [0.15, 0.2) is 5.75 Å². The van der Waals surface area contributed by atoms with Gasteiger partial charge in [0.25, 0.3) is 5.91 Å². The molecule has 3 N–H and O–H groups in total. The van der Waals surface area contributed by atoms with Gasteiger partial charge in [0.05, 0.1) is 5.69 Å². The number of carbonyl (C=O) groups excluding carboxylic acids is 1. The molecule has 0 fully saturated rings. The molecular formula is C15H16N2O2. The van der Waals surface area contributed by atoms with Crippen LogP contribution in [0.1, 0.15) is 15.9 Å². The minimum atomic E-state index is -0.172. The van der Waals surface area contributed by atoms with Gasteiger partial charge in [-0.15, -0.1) is 0 Å². The average Bonchev–Trinajstić information content (AvgIpc) is 2.42. The molecule has 0 aromatic heterocycles. The van der Waals surface area contributed by atoms with E-state index in [9.17, 15) is 4.79 Å². The fourth-order valence-electron chi connectivity index (χ4n) is 1.70. The molecule has 2 aromatic rings. The molecule has 4 nitrogen and oxygen atoms in total. The van der Waals surface area contributed by atoms with Crippen LogP contribution in [-0.2, 0) is 0 Å². The largest absolute Gasteiger partial charge is 0.455 e. The molecule has 0 spiro atoms. The van der Waals surface area contributed by atoms with Gasteiger partial charge < -0.3 is 15.8 Å². The van der Waals surface area contributed by atoms with Crippen LogP contribution >= 0.6 is 0 Å². The maximum atomic E-state index is 11.6. The summed E-state index contributed by atoms with van der Waals surface area (Å²) in [6.07, 6.45) is 0. The lowest BCUT2D eigenvalue weighted by Gasteiger charge is -2.11. The van der Waals surface area contributed by atoms with Crippen molar-refractivity contribution in [3.63, 3.8) is 0 Å². The fourth-order valence-corrected chi connectivity index (χ4v) is 1.70. The van der Waals surface area contributed by atoms with E-state index in [1.54, 1.807) is 25.2 Å². The number of nitrogens with one attached hydrogen (secondary N) is 1. The second-order valence-corrected chi connectivity index (χ2v) is 4.20. The van der Waals surface area contributed by atoms with Crippen molar-refractivity contribution in [2.24, 2.45) is 0 Å². The Labute approximate surface area is 112 Å². The summed E-state index contributed by atoms with van der Waals surface area (Å²) in [5.74, 6) is 1.04. The highest BCUT2D eigenvalue weighted by Crippen LogP contribution is 2.30. The van der Waals surface area contributed by atoms with E-state index in [4.69, 9.17) is 10.5 Å². The lowest BCUT2D eigenvalue weighted by Crippen LogP contribution is -2.17. The minimum Gasteiger partial charge on any atom is -0.455 e. The molecule has 0 heterocycles. The summed E-state index contributed by atoms with van der Waals surface area (Å²) in [4.78, 5) is 11.6. The third-order valence-electron chi connectivity index (χ3n) is 2.82. The Morgan fingerprint density at radius 3 is 2.58 bits per heavy atom. The predicted octanol–water partition coefficient (Wildman–Crippen LogP) is 2.73. The molecule has 0 aliphatic heterocycles. The second-order valence-electron chi connectivity index (χ2n) is 4.20. The van der Waals surface area contributed by atoms with E-state index in [0.29, 0.717) is 17.0 Å². The van der Waals surface area contributed by atoms with E-state index in [1.807, 2.05) is 31.2 Å². The highest BCUT2D eigenvalue weighted by Gasteiger charge is 2.09. The second kappa shape index (κ2) is 5.44. The van der Waals surface area contributed by atoms with Crippen molar-refractivity contribution >= 4 is 11.6 Å². The van der Waals surface area contributed by atoms with Crippen molar-refractivity contribution in [3.05, 3.63) is 53.6 Å². The SMILES string of the molecule is CNC(=O)c1ccc(N)c(Oc2ccccc2C)c1. The standard InChI is InChI=1S/C15H16N2O2/c1-10-5-3-4-6-13(10)19-14-9-11(15(18)17-2)7-8-12(14)16/h3-9H,16H2,1-2H3,(H,17,18). The smallest absolute Gasteiger partial charge is 0.251 e. The molecule has 4 heteroatoms. The van der Waals surface area contributed by atoms with Crippen molar-refractivity contribution in [1.82, 2.24) is 5.32 Å². The number of aryl methyl sites for hydroxylation is 1. The summed E-state index contributed by atoms with van der Waals surface area (Å²) in [6.45, 7) is 1.95. The van der Waals surface area contributed by atoms with Crippen molar-refractivity contribution in [2.75, 3.05) is 12.8 Å². The fraction of sp³-hybridized carbons (Fsp3) is 0.133. The molecule has 1 amide bonds. The monoisotopic (exact) mass is 256 g/mol. The van der Waals surface area contributed by atoms with Crippen LogP contribution in [0, 0.1) is 6.92 Å². The minimum absolute atomic E-state index is 0.172. The zero-order valence-electron chi connectivity index (χ0n) is 10.9. The summed E-state index contributed by atoms with van der Waals surface area (Å²) in [7, 11) is 1.58. The maximum Gasteiger partial charge on any atom is 0.251 e. The number of hydrogen-bond donors (Lipinski definition) is 2. The van der Waals surface area contributed by atoms with E-state index in [1.165, 1.54) is 0 Å². The molecule has 19 heavy (non-hydrogen) atoms. The highest BCUT2D eigenvalue weighted by atomic mass is 16.5. The Balaban J connectivity index is 2.34. The van der Waals surface area contributed by atoms with E-state index in [-0.39, 0.29) is 5.91 Å². The molecule has 0 saturated heterocycles. The lowest BCUT2D eigenvalue weighted by atomic mass is 10.1. The number of nitrogens with two attached hydrogens (primary N) is 1. The number of amides is 1. The number of benzene rings is 2. The van der Waals surface area contributed by atoms with Gasteiger partial charge >= 0.3 is 0 Å². The summed E-state index contributed by atoms with van der Waals surface area (Å²) in [5, 5.41) is 2.57. The molecular weight excluding hydrogens is 240 g/mol. The molecule has 0 aliphatic rings. The third kappa shape index (κ3) is 2.85. The number of anilines is 1. The number of nitrogen functional groups attached to an aromatic ring is 1. The van der Waals surface area contributed by atoms with Crippen molar-refractivity contribution in [3.8, 4) is 11.5 Å². The van der Waals surface area contributed by atoms with Gasteiger partial charge in [-0.2, -0.15) is 0 Å². The summed E-state index contributed by atoms with van der Waals surface area (Å²) >= 11 is 0. The zero-order valence-corrected chi connectivity index (χ0v) is 10.9. The molecule has 0 bridgehead atoms. The number of carbonyl (C=O) groups is 1. The van der Waals surface area contributed by atoms with Crippen LogP contribution in [0.2, 0.25) is 0 Å². The quantitative estimate of drug-likeness (QED) is 0.830. The lowest BCUT2D eigenvalue weighted by molar-refractivity contribution is 0.0963. The number of para-hydroxylation sites is 1. The topological polar surface area (TPSA) is 64.4 Å². The van der Waals surface area contributed by atoms with Gasteiger partial charge in [-0.05, 0) is 36.8 Å². The molecule has 0 radical (unpaired) electrons. The first kappa shape index (κ1) is 13.0. The zero-order chi connectivity index (χ0) is 13.8. The van der Waals surface area contributed by atoms with Crippen molar-refractivity contribution in [2.45, 2.75) is 6.92 Å². The molecule has 2 aromatic carbocycles. The predicted molar refractivity (Wildman–Crippen MR) is 75.5 cm³/mol. The normalized spacial score (nSPS) is 10.0. The highest BCUT2D eigenvalue weighted by molar-refractivity contribution is 5.95. The Morgan fingerprint density at radius 1 is 1.16 bits per heavy atom. The van der Waals surface area contributed by atoms with Crippen LogP contribution in [0.4, 0.5) is 5.69 Å². The summed E-state index contributed by atoms with van der Waals surface area (Å²) in [5.41, 5.74) is 7.89. The molecule has 0 aliphatic carbocycles. The Hall–Kier alpha value is -2.49. The van der Waals surface area contributed by atoms with E-state index in [0.717, 1.165) is 11.3 Å². The van der Waals surface area contributed by atoms with Crippen LogP contribution in [0.15, 0.2) is 42.5 Å². The van der Waals surface area contributed by atoms with E-state index in [2.05, 4.69) is 5.32 Å². The first-order chi connectivity index (χ1) is 9.11. The third-order valence-corrected chi connectivity index (χ3v) is 2.82. The van der Waals surface area contributed by atoms with Crippen molar-refractivity contribution < 1.29 is 9.53 Å². The molecule has 0 atom stereocenters. The van der Waals surface area contributed by atoms with Crippen LogP contribution in [0.5, 0.6) is 11.5 Å². The van der Waals surface area contributed by atoms with Crippen LogP contribution in [0.25, 0.3) is 0 Å². The van der Waals surface area contributed by atoms with Crippen LogP contribution in [0.3, 0.4) is 0 Å². The number of hydrogen-bond acceptors (Lipinski definition) is 3. The Bertz CT molecular complexity index is 609. The number of ether oxygens (including phenoxy) is 1. The Morgan fingerprint density at radius 2 is 1.89 bits per heavy atom. The van der Waals surface area contributed by atoms with Gasteiger partial charge in [0.2, 0.25) is 0 Å². The van der Waals surface area contributed by atoms with E-state index >= 15 is 0 Å². The average molecular weight is 256 g/mol. The molecule has 0 unspecified atom stereocenters. The van der Waals surface area contributed by atoms with E-state index < -0.39 is 0 Å². The van der Waals surface area contributed by atoms with Crippen molar-refractivity contribution in [1.29, 1.82) is 0 Å². The number of rotatable bonds is 3. The molecule has 98 valence electrons. The van der Waals surface area contributed by atoms with Gasteiger partial charge in [-0.3, -0.25) is 4.79 Å². The summed E-state index contributed by atoms with van der Waals surface area (Å²) < 4.78 is 5.77. The first-order valence-corrected chi connectivity index (χ1v) is 5.97. The van der Waals surface area contributed by atoms with Gasteiger partial charge in [0.1, 0.15) is 5.75 Å². The van der Waals surface area contributed by atoms with Gasteiger partial charge in [-0.25, -0.2) is 0 Å². The van der Waals surface area contributed by atoms with Gasteiger partial charge in [-0.1, -0.05) is 18.2 Å². The first-order valence-electron chi connectivity index (χ1n) is 5.97. The molecule has 2 rings (SSSR count). The summed E-state index contributed by atoms with van der Waals surface area (Å²) in [6, 6.07) is 12.6. The maximum absolute atomic E-state index is 11.6. The molecule has 0 saturated carbocycles. The Kier molecular flexibility index (Phi) is 3.71. The van der Waals surface area contributed by atoms with Gasteiger partial charge in [0, 0.05) is 12.6 Å². The van der Waals surface area contributed by atoms with Crippen LogP contribution in [-0.4, -0.2) is 13.0 Å². The van der Waals surface area contributed by atoms with Crippen LogP contribution < -0.4 is 15.8 Å².